The number of amides is 1. The van der Waals surface area contributed by atoms with Crippen molar-refractivity contribution in [1.29, 1.82) is 0 Å². The van der Waals surface area contributed by atoms with Crippen molar-refractivity contribution in [3.63, 3.8) is 0 Å². The summed E-state index contributed by atoms with van der Waals surface area (Å²) in [6.07, 6.45) is -6.68. The van der Waals surface area contributed by atoms with Crippen LogP contribution in [-0.2, 0) is 23.8 Å². The second-order valence-corrected chi connectivity index (χ2v) is 7.55. The summed E-state index contributed by atoms with van der Waals surface area (Å²) in [6, 6.07) is 0. The highest BCUT2D eigenvalue weighted by Gasteiger charge is 2.35. The summed E-state index contributed by atoms with van der Waals surface area (Å²) in [4.78, 5) is 23.4. The summed E-state index contributed by atoms with van der Waals surface area (Å²) in [6.45, 7) is 9.08. The van der Waals surface area contributed by atoms with Gasteiger partial charge in [0.2, 0.25) is 12.2 Å². The van der Waals surface area contributed by atoms with E-state index in [1.165, 1.54) is 13.8 Å². The van der Waals surface area contributed by atoms with Crippen molar-refractivity contribution in [2.45, 2.75) is 97.8 Å². The molecule has 0 radical (unpaired) electrons. The third-order valence-electron chi connectivity index (χ3n) is 5.02. The first kappa shape index (κ1) is 30.2. The van der Waals surface area contributed by atoms with E-state index in [2.05, 4.69) is 5.32 Å². The number of carbonyl (C=O) groups is 2. The number of hydrogen-bond acceptors (Lipinski definition) is 9. The molecule has 11 heteroatoms. The van der Waals surface area contributed by atoms with Gasteiger partial charge in [0, 0.05) is 6.92 Å². The molecule has 0 aromatic heterocycles. The van der Waals surface area contributed by atoms with Crippen molar-refractivity contribution in [1.82, 2.24) is 5.32 Å². The van der Waals surface area contributed by atoms with Crippen molar-refractivity contribution in [3.05, 3.63) is 11.5 Å². The highest BCUT2D eigenvalue weighted by atomic mass is 16.7. The molecule has 11 nitrogen and oxygen atoms in total. The van der Waals surface area contributed by atoms with Crippen molar-refractivity contribution in [3.8, 4) is 0 Å². The Morgan fingerprint density at radius 1 is 0.969 bits per heavy atom. The van der Waals surface area contributed by atoms with Crippen LogP contribution in [0.2, 0.25) is 0 Å². The fourth-order valence-corrected chi connectivity index (χ4v) is 3.00. The van der Waals surface area contributed by atoms with Crippen LogP contribution in [0, 0.1) is 5.92 Å². The van der Waals surface area contributed by atoms with Crippen LogP contribution in [0.5, 0.6) is 0 Å². The molecule has 0 aromatic rings. The number of rotatable bonds is 16. The first-order valence-corrected chi connectivity index (χ1v) is 10.8. The molecule has 188 valence electrons. The summed E-state index contributed by atoms with van der Waals surface area (Å²) >= 11 is 0. The molecule has 5 atom stereocenters. The van der Waals surface area contributed by atoms with Crippen molar-refractivity contribution < 1.29 is 49.3 Å². The molecule has 0 saturated carbocycles. The molecule has 0 saturated heterocycles. The number of carboxylic acids is 1. The number of hydrogen-bond donors (Lipinski definition) is 6. The second kappa shape index (κ2) is 15.1. The van der Waals surface area contributed by atoms with E-state index in [4.69, 9.17) is 14.2 Å². The van der Waals surface area contributed by atoms with Gasteiger partial charge in [-0.2, -0.15) is 0 Å². The molecule has 32 heavy (non-hydrogen) atoms. The van der Waals surface area contributed by atoms with Crippen LogP contribution in [0.1, 0.15) is 60.8 Å². The molecule has 0 aromatic carbocycles. The molecular formula is C21H39NO10. The fraction of sp³-hybridized carbons (Fsp3) is 0.810. The van der Waals surface area contributed by atoms with Crippen molar-refractivity contribution in [2.24, 2.45) is 5.92 Å². The standard InChI is InChI=1S/C21H39NO10/c1-7-11(4)30-12(5)18(19(26)27)32-21(20(28)29)31-15(10-23)16(22-13(6)24)17(25)14(8-2)9-3/h11-12,14,17-18,20-21,23,25,28-29H,7-10H2,1-6H3,(H,22,24)(H,26,27)/b16-15+/t11?,12-,17?,18?,21?/m0/s1. The normalized spacial score (nSPS) is 17.4. The first-order chi connectivity index (χ1) is 14.9. The highest BCUT2D eigenvalue weighted by molar-refractivity contribution is 5.75. The molecule has 4 unspecified atom stereocenters. The van der Waals surface area contributed by atoms with Gasteiger partial charge in [-0.25, -0.2) is 4.79 Å². The SMILES string of the molecule is CCC(C)O[C@@H](C)C(OC(O/C(CO)=C(/NC(C)=O)C(O)C(CC)CC)C(O)O)C(=O)O. The summed E-state index contributed by atoms with van der Waals surface area (Å²) in [5.41, 5.74) is -0.168. The Kier molecular flexibility index (Phi) is 14.3. The van der Waals surface area contributed by atoms with Crippen molar-refractivity contribution in [2.75, 3.05) is 6.61 Å². The minimum Gasteiger partial charge on any atom is -0.479 e. The van der Waals surface area contributed by atoms with E-state index >= 15 is 0 Å². The lowest BCUT2D eigenvalue weighted by molar-refractivity contribution is -0.270. The van der Waals surface area contributed by atoms with E-state index < -0.39 is 55.1 Å². The largest absolute Gasteiger partial charge is 0.479 e. The molecule has 0 aliphatic rings. The maximum Gasteiger partial charge on any atom is 0.335 e. The Morgan fingerprint density at radius 2 is 1.53 bits per heavy atom. The monoisotopic (exact) mass is 465 g/mol. The highest BCUT2D eigenvalue weighted by Crippen LogP contribution is 2.23. The number of carboxylic acid groups (broad SMARTS) is 1. The summed E-state index contributed by atoms with van der Waals surface area (Å²) in [5, 5.41) is 51.9. The minimum atomic E-state index is -2.31. The molecule has 6 N–H and O–H groups in total. The van der Waals surface area contributed by atoms with E-state index in [1.807, 2.05) is 20.8 Å². The van der Waals surface area contributed by atoms with Crippen LogP contribution in [0.15, 0.2) is 11.5 Å². The number of aliphatic hydroxyl groups is 4. The van der Waals surface area contributed by atoms with E-state index in [0.29, 0.717) is 19.3 Å². The topological polar surface area (TPSA) is 175 Å². The van der Waals surface area contributed by atoms with Gasteiger partial charge in [-0.1, -0.05) is 33.6 Å². The predicted molar refractivity (Wildman–Crippen MR) is 114 cm³/mol. The van der Waals surface area contributed by atoms with Gasteiger partial charge in [0.25, 0.3) is 6.29 Å². The third kappa shape index (κ3) is 9.80. The molecule has 0 rings (SSSR count). The molecule has 0 spiro atoms. The number of carbonyl (C=O) groups excluding carboxylic acids is 1. The quantitative estimate of drug-likeness (QED) is 0.139. The summed E-state index contributed by atoms with van der Waals surface area (Å²) in [5.74, 6) is -2.67. The Balaban J connectivity index is 5.98. The Bertz CT molecular complexity index is 605. The predicted octanol–water partition coefficient (Wildman–Crippen LogP) is 0.450. The summed E-state index contributed by atoms with van der Waals surface area (Å²) < 4.78 is 16.2. The maximum absolute atomic E-state index is 11.7. The molecule has 0 bridgehead atoms. The molecule has 0 heterocycles. The average Bonchev–Trinajstić information content (AvgIpc) is 2.72. The van der Waals surface area contributed by atoms with Gasteiger partial charge in [0.15, 0.2) is 6.10 Å². The summed E-state index contributed by atoms with van der Waals surface area (Å²) in [7, 11) is 0. The van der Waals surface area contributed by atoms with Crippen LogP contribution >= 0.6 is 0 Å². The van der Waals surface area contributed by atoms with Gasteiger partial charge in [-0.3, -0.25) is 4.79 Å². The van der Waals surface area contributed by atoms with Crippen LogP contribution in [0.4, 0.5) is 0 Å². The number of ether oxygens (including phenoxy) is 3. The average molecular weight is 466 g/mol. The van der Waals surface area contributed by atoms with Gasteiger partial charge >= 0.3 is 5.97 Å². The molecule has 0 fully saturated rings. The number of aliphatic hydroxyl groups excluding tert-OH is 3. The lowest BCUT2D eigenvalue weighted by Crippen LogP contribution is -2.45. The Labute approximate surface area is 189 Å². The van der Waals surface area contributed by atoms with Crippen LogP contribution in [0.3, 0.4) is 0 Å². The Morgan fingerprint density at radius 3 is 1.91 bits per heavy atom. The van der Waals surface area contributed by atoms with Crippen LogP contribution in [0.25, 0.3) is 0 Å². The molecule has 1 amide bonds. The molecular weight excluding hydrogens is 426 g/mol. The lowest BCUT2D eigenvalue weighted by Gasteiger charge is -2.31. The zero-order valence-corrected chi connectivity index (χ0v) is 19.6. The Hall–Kier alpha value is -1.76. The zero-order valence-electron chi connectivity index (χ0n) is 19.6. The van der Waals surface area contributed by atoms with Gasteiger partial charge in [-0.05, 0) is 26.2 Å². The zero-order chi connectivity index (χ0) is 25.0. The van der Waals surface area contributed by atoms with E-state index in [9.17, 15) is 35.1 Å². The van der Waals surface area contributed by atoms with Gasteiger partial charge < -0.3 is 45.1 Å². The number of aliphatic carboxylic acids is 1. The molecule has 0 aliphatic heterocycles. The third-order valence-corrected chi connectivity index (χ3v) is 5.02. The smallest absolute Gasteiger partial charge is 0.335 e. The lowest BCUT2D eigenvalue weighted by atomic mass is 9.93. The van der Waals surface area contributed by atoms with Gasteiger partial charge in [0.05, 0.1) is 17.9 Å². The second-order valence-electron chi connectivity index (χ2n) is 7.55. The fourth-order valence-electron chi connectivity index (χ4n) is 3.00. The number of nitrogens with one attached hydrogen (secondary N) is 1. The van der Waals surface area contributed by atoms with E-state index in [-0.39, 0.29) is 17.7 Å². The van der Waals surface area contributed by atoms with E-state index in [0.717, 1.165) is 0 Å². The maximum atomic E-state index is 11.7. The van der Waals surface area contributed by atoms with Gasteiger partial charge in [-0.15, -0.1) is 0 Å². The van der Waals surface area contributed by atoms with Crippen molar-refractivity contribution >= 4 is 11.9 Å². The van der Waals surface area contributed by atoms with Gasteiger partial charge in [0.1, 0.15) is 18.5 Å². The van der Waals surface area contributed by atoms with Crippen LogP contribution in [-0.4, -0.2) is 81.0 Å². The van der Waals surface area contributed by atoms with Crippen LogP contribution < -0.4 is 5.32 Å². The molecule has 0 aliphatic carbocycles. The van der Waals surface area contributed by atoms with E-state index in [1.54, 1.807) is 6.92 Å². The minimum absolute atomic E-state index is 0.168. The first-order valence-electron chi connectivity index (χ1n) is 10.8.